The molecule has 7 nitrogen and oxygen atoms in total. The van der Waals surface area contributed by atoms with Crippen LogP contribution in [0.5, 0.6) is 0 Å². The number of piperidine rings is 1. The lowest BCUT2D eigenvalue weighted by molar-refractivity contribution is -0.132. The molecule has 150 valence electrons. The lowest BCUT2D eigenvalue weighted by atomic mass is 9.94. The Hall–Kier alpha value is -1.73. The molecule has 2 saturated heterocycles. The Bertz CT molecular complexity index is 645. The number of carbonyl (C=O) groups excluding carboxylic acids is 1. The molecule has 0 spiro atoms. The van der Waals surface area contributed by atoms with Crippen LogP contribution in [-0.4, -0.2) is 84.7 Å². The Morgan fingerprint density at radius 3 is 2.74 bits per heavy atom. The molecule has 2 fully saturated rings. The summed E-state index contributed by atoms with van der Waals surface area (Å²) in [5, 5.41) is 0. The van der Waals surface area contributed by atoms with Crippen LogP contribution in [0, 0.1) is 6.92 Å². The van der Waals surface area contributed by atoms with Gasteiger partial charge in [0, 0.05) is 44.7 Å². The quantitative estimate of drug-likeness (QED) is 0.780. The number of morpholine rings is 1. The topological polar surface area (TPSA) is 61.8 Å². The van der Waals surface area contributed by atoms with Gasteiger partial charge in [-0.1, -0.05) is 0 Å². The molecule has 1 aromatic heterocycles. The molecule has 0 aliphatic carbocycles. The van der Waals surface area contributed by atoms with E-state index in [1.807, 2.05) is 32.7 Å². The number of hydrogen-bond acceptors (Lipinski definition) is 6. The lowest BCUT2D eigenvalue weighted by Crippen LogP contribution is -2.44. The van der Waals surface area contributed by atoms with Crippen LogP contribution in [0.2, 0.25) is 0 Å². The molecular formula is C20H33N5O2. The zero-order valence-electron chi connectivity index (χ0n) is 17.1. The molecular weight excluding hydrogens is 342 g/mol. The summed E-state index contributed by atoms with van der Waals surface area (Å²) in [7, 11) is 1.89. The smallest absolute Gasteiger partial charge is 0.236 e. The van der Waals surface area contributed by atoms with Gasteiger partial charge in [0.15, 0.2) is 0 Å². The molecule has 2 aliphatic heterocycles. The Balaban J connectivity index is 1.68. The molecule has 7 heteroatoms. The van der Waals surface area contributed by atoms with Crippen molar-refractivity contribution < 1.29 is 9.53 Å². The standard InChI is InChI=1S/C20H33N5O2/c1-15(2)23(4)20(26)14-24-7-5-6-17(13-24)18-12-19(22-16(3)21-18)25-8-10-27-11-9-25/h12,15,17H,5-11,13-14H2,1-4H3/t17-/m0/s1. The van der Waals surface area contributed by atoms with Crippen LogP contribution >= 0.6 is 0 Å². The van der Waals surface area contributed by atoms with E-state index in [1.54, 1.807) is 0 Å². The van der Waals surface area contributed by atoms with Crippen LogP contribution < -0.4 is 4.90 Å². The summed E-state index contributed by atoms with van der Waals surface area (Å²) in [6.45, 7) is 11.7. The summed E-state index contributed by atoms with van der Waals surface area (Å²) in [5.74, 6) is 2.38. The van der Waals surface area contributed by atoms with Gasteiger partial charge < -0.3 is 14.5 Å². The Morgan fingerprint density at radius 2 is 2.04 bits per heavy atom. The van der Waals surface area contributed by atoms with E-state index in [0.29, 0.717) is 12.5 Å². The number of anilines is 1. The van der Waals surface area contributed by atoms with E-state index >= 15 is 0 Å². The molecule has 0 bridgehead atoms. The molecule has 3 rings (SSSR count). The Morgan fingerprint density at radius 1 is 1.30 bits per heavy atom. The van der Waals surface area contributed by atoms with Gasteiger partial charge in [0.05, 0.1) is 25.5 Å². The zero-order chi connectivity index (χ0) is 19.4. The van der Waals surface area contributed by atoms with E-state index in [-0.39, 0.29) is 11.9 Å². The fourth-order valence-electron chi connectivity index (χ4n) is 3.77. The molecule has 0 unspecified atom stereocenters. The number of likely N-dealkylation sites (N-methyl/N-ethyl adjacent to an activating group) is 1. The van der Waals surface area contributed by atoms with Crippen molar-refractivity contribution in [2.24, 2.45) is 0 Å². The SMILES string of the molecule is Cc1nc([C@H]2CCCN(CC(=O)N(C)C(C)C)C2)cc(N2CCOCC2)n1. The predicted molar refractivity (Wildman–Crippen MR) is 106 cm³/mol. The van der Waals surface area contributed by atoms with Gasteiger partial charge in [-0.25, -0.2) is 9.97 Å². The fraction of sp³-hybridized carbons (Fsp3) is 0.750. The number of ether oxygens (including phenoxy) is 1. The second-order valence-electron chi connectivity index (χ2n) is 7.97. The van der Waals surface area contributed by atoms with Gasteiger partial charge in [0.25, 0.3) is 0 Å². The van der Waals surface area contributed by atoms with Crippen LogP contribution in [0.1, 0.15) is 44.1 Å². The first kappa shape index (κ1) is 20.0. The molecule has 1 amide bonds. The summed E-state index contributed by atoms with van der Waals surface area (Å²) in [6.07, 6.45) is 2.21. The minimum atomic E-state index is 0.193. The Labute approximate surface area is 162 Å². The number of amides is 1. The van der Waals surface area contributed by atoms with Crippen molar-refractivity contribution in [3.63, 3.8) is 0 Å². The van der Waals surface area contributed by atoms with Crippen molar-refractivity contribution in [1.82, 2.24) is 19.8 Å². The first-order chi connectivity index (χ1) is 12.9. The van der Waals surface area contributed by atoms with Crippen LogP contribution in [-0.2, 0) is 9.53 Å². The summed E-state index contributed by atoms with van der Waals surface area (Å²) in [4.78, 5) is 28.2. The average molecular weight is 376 g/mol. The maximum Gasteiger partial charge on any atom is 0.236 e. The molecule has 0 aromatic carbocycles. The van der Waals surface area contributed by atoms with Crippen LogP contribution in [0.25, 0.3) is 0 Å². The second-order valence-corrected chi connectivity index (χ2v) is 7.97. The van der Waals surface area contributed by atoms with Crippen molar-refractivity contribution in [3.8, 4) is 0 Å². The highest BCUT2D eigenvalue weighted by Crippen LogP contribution is 2.28. The van der Waals surface area contributed by atoms with Gasteiger partial charge in [-0.2, -0.15) is 0 Å². The molecule has 0 N–H and O–H groups in total. The minimum Gasteiger partial charge on any atom is -0.378 e. The predicted octanol–water partition coefficient (Wildman–Crippen LogP) is 1.67. The lowest BCUT2D eigenvalue weighted by Gasteiger charge is -2.34. The third-order valence-corrected chi connectivity index (χ3v) is 5.63. The van der Waals surface area contributed by atoms with Crippen molar-refractivity contribution in [1.29, 1.82) is 0 Å². The normalized spacial score (nSPS) is 21.5. The number of carbonyl (C=O) groups is 1. The van der Waals surface area contributed by atoms with E-state index in [4.69, 9.17) is 9.72 Å². The third-order valence-electron chi connectivity index (χ3n) is 5.63. The van der Waals surface area contributed by atoms with E-state index in [0.717, 1.165) is 69.6 Å². The molecule has 2 aliphatic rings. The molecule has 0 saturated carbocycles. The molecule has 1 aromatic rings. The summed E-state index contributed by atoms with van der Waals surface area (Å²) < 4.78 is 5.46. The average Bonchev–Trinajstić information content (AvgIpc) is 2.67. The number of likely N-dealkylation sites (tertiary alicyclic amines) is 1. The maximum atomic E-state index is 12.5. The summed E-state index contributed by atoms with van der Waals surface area (Å²) in [6, 6.07) is 2.38. The number of aromatic nitrogens is 2. The molecule has 27 heavy (non-hydrogen) atoms. The maximum absolute atomic E-state index is 12.5. The van der Waals surface area contributed by atoms with Crippen LogP contribution in [0.3, 0.4) is 0 Å². The third kappa shape index (κ3) is 5.17. The number of rotatable bonds is 5. The highest BCUT2D eigenvalue weighted by Gasteiger charge is 2.26. The van der Waals surface area contributed by atoms with Gasteiger partial charge in [-0.15, -0.1) is 0 Å². The highest BCUT2D eigenvalue weighted by molar-refractivity contribution is 5.78. The molecule has 0 radical (unpaired) electrons. The van der Waals surface area contributed by atoms with Crippen molar-refractivity contribution in [2.45, 2.75) is 45.6 Å². The van der Waals surface area contributed by atoms with Gasteiger partial charge in [-0.05, 0) is 40.2 Å². The van der Waals surface area contributed by atoms with Crippen molar-refractivity contribution in [2.75, 3.05) is 57.9 Å². The van der Waals surface area contributed by atoms with Gasteiger partial charge in [0.1, 0.15) is 11.6 Å². The van der Waals surface area contributed by atoms with E-state index < -0.39 is 0 Å². The second kappa shape index (κ2) is 8.97. The van der Waals surface area contributed by atoms with Gasteiger partial charge >= 0.3 is 0 Å². The zero-order valence-corrected chi connectivity index (χ0v) is 17.1. The van der Waals surface area contributed by atoms with Crippen molar-refractivity contribution >= 4 is 11.7 Å². The van der Waals surface area contributed by atoms with Crippen LogP contribution in [0.4, 0.5) is 5.82 Å². The molecule has 1 atom stereocenters. The van der Waals surface area contributed by atoms with E-state index in [2.05, 4.69) is 20.9 Å². The van der Waals surface area contributed by atoms with Crippen molar-refractivity contribution in [3.05, 3.63) is 17.6 Å². The van der Waals surface area contributed by atoms with Crippen LogP contribution in [0.15, 0.2) is 6.07 Å². The summed E-state index contributed by atoms with van der Waals surface area (Å²) >= 11 is 0. The first-order valence-corrected chi connectivity index (χ1v) is 10.1. The van der Waals surface area contributed by atoms with Gasteiger partial charge in [0.2, 0.25) is 5.91 Å². The Kier molecular flexibility index (Phi) is 6.65. The van der Waals surface area contributed by atoms with E-state index in [1.165, 1.54) is 0 Å². The van der Waals surface area contributed by atoms with Gasteiger partial charge in [-0.3, -0.25) is 9.69 Å². The van der Waals surface area contributed by atoms with E-state index in [9.17, 15) is 4.79 Å². The summed E-state index contributed by atoms with van der Waals surface area (Å²) in [5.41, 5.74) is 1.11. The number of aryl methyl sites for hydroxylation is 1. The monoisotopic (exact) mass is 375 g/mol. The first-order valence-electron chi connectivity index (χ1n) is 10.1. The minimum absolute atomic E-state index is 0.193. The largest absolute Gasteiger partial charge is 0.378 e. The molecule has 3 heterocycles. The highest BCUT2D eigenvalue weighted by atomic mass is 16.5. The number of hydrogen-bond donors (Lipinski definition) is 0. The number of nitrogens with zero attached hydrogens (tertiary/aromatic N) is 5. The fourth-order valence-corrected chi connectivity index (χ4v) is 3.77.